The first-order chi connectivity index (χ1) is 15.8. The molecule has 0 atom stereocenters. The SMILES string of the molecule is CC(C)OCCCNC(=O)c1ccc2c(=O)[nH]c3c(C(=O)NC4CCCC4)sc(=S)n3c2c1. The molecule has 0 bridgehead atoms. The minimum atomic E-state index is -0.328. The third-order valence-electron chi connectivity index (χ3n) is 5.74. The van der Waals surface area contributed by atoms with Crippen LogP contribution in [-0.4, -0.2) is 46.5 Å². The minimum absolute atomic E-state index is 0.154. The summed E-state index contributed by atoms with van der Waals surface area (Å²) in [5, 5.41) is 6.33. The standard InChI is InChI=1S/C23H28N4O4S2/c1-13(2)31-11-5-10-24-20(28)14-8-9-16-17(12-14)27-19(26-21(16)29)18(33-23(27)32)22(30)25-15-6-3-4-7-15/h8-9,12-13,15H,3-7,10-11H2,1-2H3,(H,24,28)(H,25,30)(H,26,29). The third-order valence-corrected chi connectivity index (χ3v) is 7.12. The Morgan fingerprint density at radius 1 is 1.27 bits per heavy atom. The predicted molar refractivity (Wildman–Crippen MR) is 132 cm³/mol. The number of carbonyl (C=O) groups is 2. The van der Waals surface area contributed by atoms with Crippen molar-refractivity contribution >= 4 is 51.9 Å². The molecule has 2 heterocycles. The molecule has 0 unspecified atom stereocenters. The topological polar surface area (TPSA) is 105 Å². The number of benzene rings is 1. The zero-order valence-corrected chi connectivity index (χ0v) is 20.4. The quantitative estimate of drug-likeness (QED) is 0.331. The molecule has 4 rings (SSSR count). The summed E-state index contributed by atoms with van der Waals surface area (Å²) in [6.45, 7) is 4.99. The second-order valence-electron chi connectivity index (χ2n) is 8.55. The van der Waals surface area contributed by atoms with Gasteiger partial charge in [-0.2, -0.15) is 0 Å². The monoisotopic (exact) mass is 488 g/mol. The van der Waals surface area contributed by atoms with Crippen molar-refractivity contribution in [1.29, 1.82) is 0 Å². The lowest BCUT2D eigenvalue weighted by Crippen LogP contribution is -2.32. The van der Waals surface area contributed by atoms with E-state index in [1.54, 1.807) is 22.6 Å². The predicted octanol–water partition coefficient (Wildman–Crippen LogP) is 3.79. The van der Waals surface area contributed by atoms with Crippen LogP contribution >= 0.6 is 23.6 Å². The molecule has 3 N–H and O–H groups in total. The molecular weight excluding hydrogens is 460 g/mol. The summed E-state index contributed by atoms with van der Waals surface area (Å²) < 4.78 is 7.60. The Hall–Kier alpha value is -2.56. The Labute approximate surface area is 200 Å². The lowest BCUT2D eigenvalue weighted by atomic mass is 10.1. The van der Waals surface area contributed by atoms with E-state index in [2.05, 4.69) is 15.6 Å². The molecule has 1 aliphatic rings. The number of thiazole rings is 1. The summed E-state index contributed by atoms with van der Waals surface area (Å²) in [4.78, 5) is 41.5. The van der Waals surface area contributed by atoms with Crippen LogP contribution in [0.4, 0.5) is 0 Å². The van der Waals surface area contributed by atoms with Crippen molar-refractivity contribution in [2.75, 3.05) is 13.2 Å². The Morgan fingerprint density at radius 2 is 2.03 bits per heavy atom. The Kier molecular flexibility index (Phi) is 7.26. The second kappa shape index (κ2) is 10.1. The van der Waals surface area contributed by atoms with Gasteiger partial charge in [-0.05, 0) is 63.5 Å². The molecule has 1 saturated carbocycles. The molecular formula is C23H28N4O4S2. The van der Waals surface area contributed by atoms with E-state index in [1.165, 1.54) is 0 Å². The van der Waals surface area contributed by atoms with E-state index in [1.807, 2.05) is 13.8 Å². The number of aromatic amines is 1. The molecule has 1 fully saturated rings. The van der Waals surface area contributed by atoms with Crippen LogP contribution in [0.5, 0.6) is 0 Å². The van der Waals surface area contributed by atoms with Gasteiger partial charge in [-0.15, -0.1) is 0 Å². The van der Waals surface area contributed by atoms with E-state index in [4.69, 9.17) is 17.0 Å². The van der Waals surface area contributed by atoms with E-state index in [0.29, 0.717) is 50.5 Å². The van der Waals surface area contributed by atoms with Crippen molar-refractivity contribution in [3.05, 3.63) is 42.9 Å². The van der Waals surface area contributed by atoms with E-state index in [0.717, 1.165) is 37.0 Å². The average molecular weight is 489 g/mol. The summed E-state index contributed by atoms with van der Waals surface area (Å²) in [6, 6.07) is 5.04. The number of aromatic nitrogens is 2. The fourth-order valence-corrected chi connectivity index (χ4v) is 5.39. The average Bonchev–Trinajstić information content (AvgIpc) is 3.40. The summed E-state index contributed by atoms with van der Waals surface area (Å²) in [5.41, 5.74) is 0.960. The molecule has 0 aliphatic heterocycles. The largest absolute Gasteiger partial charge is 0.379 e. The number of H-pyrrole nitrogens is 1. The van der Waals surface area contributed by atoms with Gasteiger partial charge >= 0.3 is 0 Å². The van der Waals surface area contributed by atoms with Crippen molar-refractivity contribution in [3.8, 4) is 0 Å². The van der Waals surface area contributed by atoms with Gasteiger partial charge in [-0.1, -0.05) is 24.2 Å². The fraction of sp³-hybridized carbons (Fsp3) is 0.478. The van der Waals surface area contributed by atoms with E-state index >= 15 is 0 Å². The van der Waals surface area contributed by atoms with Crippen molar-refractivity contribution in [3.63, 3.8) is 0 Å². The number of carbonyl (C=O) groups excluding carboxylic acids is 2. The molecule has 10 heteroatoms. The maximum atomic E-state index is 12.9. The van der Waals surface area contributed by atoms with Crippen molar-refractivity contribution in [1.82, 2.24) is 20.0 Å². The number of hydrogen-bond acceptors (Lipinski definition) is 6. The van der Waals surface area contributed by atoms with Gasteiger partial charge in [0.05, 0.1) is 17.0 Å². The van der Waals surface area contributed by atoms with Gasteiger partial charge in [0.15, 0.2) is 3.95 Å². The molecule has 0 spiro atoms. The van der Waals surface area contributed by atoms with Crippen LogP contribution in [-0.2, 0) is 4.74 Å². The Morgan fingerprint density at radius 3 is 2.76 bits per heavy atom. The maximum Gasteiger partial charge on any atom is 0.265 e. The van der Waals surface area contributed by atoms with Gasteiger partial charge in [-0.3, -0.25) is 18.8 Å². The highest BCUT2D eigenvalue weighted by molar-refractivity contribution is 7.73. The number of nitrogens with zero attached hydrogens (tertiary/aromatic N) is 1. The fourth-order valence-electron chi connectivity index (χ4n) is 4.10. The first-order valence-electron chi connectivity index (χ1n) is 11.3. The summed E-state index contributed by atoms with van der Waals surface area (Å²) >= 11 is 6.70. The summed E-state index contributed by atoms with van der Waals surface area (Å²) in [7, 11) is 0. The molecule has 8 nitrogen and oxygen atoms in total. The molecule has 0 saturated heterocycles. The maximum absolute atomic E-state index is 12.9. The number of hydrogen-bond donors (Lipinski definition) is 3. The highest BCUT2D eigenvalue weighted by Crippen LogP contribution is 2.25. The number of ether oxygens (including phenoxy) is 1. The van der Waals surface area contributed by atoms with Gasteiger partial charge < -0.3 is 20.4 Å². The molecule has 33 heavy (non-hydrogen) atoms. The lowest BCUT2D eigenvalue weighted by Gasteiger charge is -2.11. The van der Waals surface area contributed by atoms with Crippen molar-refractivity contribution in [2.45, 2.75) is 58.1 Å². The molecule has 1 aliphatic carbocycles. The van der Waals surface area contributed by atoms with Gasteiger partial charge in [0.25, 0.3) is 17.4 Å². The lowest BCUT2D eigenvalue weighted by molar-refractivity contribution is 0.0757. The molecule has 3 aromatic rings. The zero-order valence-electron chi connectivity index (χ0n) is 18.7. The smallest absolute Gasteiger partial charge is 0.265 e. The highest BCUT2D eigenvalue weighted by Gasteiger charge is 2.23. The van der Waals surface area contributed by atoms with Crippen LogP contribution in [0, 0.1) is 3.95 Å². The normalized spacial score (nSPS) is 14.4. The van der Waals surface area contributed by atoms with Gasteiger partial charge in [0, 0.05) is 24.8 Å². The number of amides is 2. The van der Waals surface area contributed by atoms with Gasteiger partial charge in [0.2, 0.25) is 0 Å². The molecule has 1 aromatic carbocycles. The number of fused-ring (bicyclic) bond motifs is 3. The number of rotatable bonds is 8. The number of nitrogens with one attached hydrogen (secondary N) is 3. The molecule has 2 aromatic heterocycles. The second-order valence-corrected chi connectivity index (χ2v) is 10.2. The molecule has 0 radical (unpaired) electrons. The van der Waals surface area contributed by atoms with Crippen LogP contribution < -0.4 is 16.2 Å². The zero-order chi connectivity index (χ0) is 23.5. The molecule has 2 amide bonds. The summed E-state index contributed by atoms with van der Waals surface area (Å²) in [5.74, 6) is -0.469. The molecule has 176 valence electrons. The van der Waals surface area contributed by atoms with Crippen LogP contribution in [0.15, 0.2) is 23.0 Å². The van der Waals surface area contributed by atoms with Crippen LogP contribution in [0.25, 0.3) is 16.6 Å². The van der Waals surface area contributed by atoms with Crippen LogP contribution in [0.2, 0.25) is 0 Å². The highest BCUT2D eigenvalue weighted by atomic mass is 32.1. The van der Waals surface area contributed by atoms with Gasteiger partial charge in [0.1, 0.15) is 10.5 Å². The van der Waals surface area contributed by atoms with E-state index in [9.17, 15) is 14.4 Å². The third kappa shape index (κ3) is 5.18. The first kappa shape index (κ1) is 23.6. The summed E-state index contributed by atoms with van der Waals surface area (Å²) in [6.07, 6.45) is 5.00. The van der Waals surface area contributed by atoms with Gasteiger partial charge in [-0.25, -0.2) is 0 Å². The van der Waals surface area contributed by atoms with Crippen LogP contribution in [0.1, 0.15) is 66.0 Å². The van der Waals surface area contributed by atoms with E-state index < -0.39 is 0 Å². The Balaban J connectivity index is 1.63. The van der Waals surface area contributed by atoms with E-state index in [-0.39, 0.29) is 29.5 Å². The van der Waals surface area contributed by atoms with Crippen LogP contribution in [0.3, 0.4) is 0 Å². The first-order valence-corrected chi connectivity index (χ1v) is 12.5. The van der Waals surface area contributed by atoms with Crippen molar-refractivity contribution < 1.29 is 14.3 Å². The minimum Gasteiger partial charge on any atom is -0.379 e. The van der Waals surface area contributed by atoms with Crippen molar-refractivity contribution in [2.24, 2.45) is 0 Å². The Bertz CT molecular complexity index is 1300.